The number of benzene rings is 1. The number of phenols is 1. The summed E-state index contributed by atoms with van der Waals surface area (Å²) in [6, 6.07) is 5.78. The van der Waals surface area contributed by atoms with E-state index in [4.69, 9.17) is 14.2 Å². The molecule has 2 saturated carbocycles. The maximum atomic E-state index is 11.0. The molecule has 3 fully saturated rings. The molecule has 5 aliphatic rings. The highest BCUT2D eigenvalue weighted by atomic mass is 16.7. The lowest BCUT2D eigenvalue weighted by Gasteiger charge is -2.55. The summed E-state index contributed by atoms with van der Waals surface area (Å²) < 4.78 is 17.5. The normalized spacial score (nSPS) is 40.2. The third-order valence-corrected chi connectivity index (χ3v) is 9.78. The number of rotatable bonds is 2. The van der Waals surface area contributed by atoms with E-state index in [0.717, 1.165) is 50.5 Å². The van der Waals surface area contributed by atoms with E-state index in [1.54, 1.807) is 24.3 Å². The third kappa shape index (κ3) is 3.00. The second-order valence-corrected chi connectivity index (χ2v) is 11.1. The first kappa shape index (κ1) is 21.0. The van der Waals surface area contributed by atoms with Crippen molar-refractivity contribution in [3.05, 3.63) is 34.9 Å². The first-order chi connectivity index (χ1) is 15.4. The molecule has 32 heavy (non-hydrogen) atoms. The molecule has 0 radical (unpaired) electrons. The number of aliphatic hydroxyl groups is 1. The Kier molecular flexibility index (Phi) is 4.91. The maximum absolute atomic E-state index is 11.0. The lowest BCUT2D eigenvalue weighted by molar-refractivity contribution is -0.166. The Morgan fingerprint density at radius 1 is 1.09 bits per heavy atom. The largest absolute Gasteiger partial charge is 0.508 e. The van der Waals surface area contributed by atoms with Crippen LogP contribution in [0.1, 0.15) is 69.8 Å². The third-order valence-electron chi connectivity index (χ3n) is 9.78. The topological polar surface area (TPSA) is 68.2 Å². The second-order valence-electron chi connectivity index (χ2n) is 11.1. The summed E-state index contributed by atoms with van der Waals surface area (Å²) >= 11 is 0. The molecular formula is C27H36O5. The second kappa shape index (κ2) is 7.48. The molecule has 174 valence electrons. The predicted molar refractivity (Wildman–Crippen MR) is 121 cm³/mol. The smallest absolute Gasteiger partial charge is 0.172 e. The lowest BCUT2D eigenvalue weighted by Crippen LogP contribution is -2.49. The van der Waals surface area contributed by atoms with Crippen LogP contribution in [0.25, 0.3) is 0 Å². The van der Waals surface area contributed by atoms with Gasteiger partial charge in [0.1, 0.15) is 11.5 Å². The summed E-state index contributed by atoms with van der Waals surface area (Å²) in [6.45, 7) is 3.71. The standard InChI is InChI=1S/C27H36O5/c1-26-15-21(19-6-4-17(30-2)13-23(19)28)25-18-9-10-27(31-11-12-32-27)14-16(18)3-5-20(25)22(26)7-8-24(26)29/h4,6,13,20-22,24-25,28-29H,3,5,7-12,14-15H2,1-2H3/t20-,21+,22-,24-,25+,26-/m0/s1. The molecule has 1 aromatic rings. The van der Waals surface area contributed by atoms with Crippen molar-refractivity contribution >= 4 is 0 Å². The number of hydrogen-bond acceptors (Lipinski definition) is 5. The molecule has 0 aromatic heterocycles. The number of aliphatic hydroxyl groups excluding tert-OH is 1. The SMILES string of the molecule is COc1ccc([C@H]2C[C@]3(C)[C@@H](O)CC[C@H]3[C@@H]3CCC4=C(CCC5(C4)OCCO5)[C@H]32)c(O)c1. The minimum Gasteiger partial charge on any atom is -0.508 e. The van der Waals surface area contributed by atoms with Crippen molar-refractivity contribution in [1.82, 2.24) is 0 Å². The molecular weight excluding hydrogens is 404 g/mol. The highest BCUT2D eigenvalue weighted by molar-refractivity contribution is 5.45. The fourth-order valence-electron chi connectivity index (χ4n) is 8.30. The average molecular weight is 441 g/mol. The Morgan fingerprint density at radius 3 is 2.66 bits per heavy atom. The Bertz CT molecular complexity index is 932. The molecule has 5 heteroatoms. The van der Waals surface area contributed by atoms with E-state index < -0.39 is 5.79 Å². The van der Waals surface area contributed by atoms with Crippen molar-refractivity contribution < 1.29 is 24.4 Å². The fourth-order valence-corrected chi connectivity index (χ4v) is 8.30. The van der Waals surface area contributed by atoms with Crippen LogP contribution < -0.4 is 4.74 Å². The molecule has 0 amide bonds. The summed E-state index contributed by atoms with van der Waals surface area (Å²) in [5, 5.41) is 22.1. The Hall–Kier alpha value is -1.56. The number of methoxy groups -OCH3 is 1. The zero-order valence-electron chi connectivity index (χ0n) is 19.3. The monoisotopic (exact) mass is 440 g/mol. The van der Waals surface area contributed by atoms with Crippen LogP contribution in [-0.2, 0) is 9.47 Å². The van der Waals surface area contributed by atoms with Crippen LogP contribution in [0.3, 0.4) is 0 Å². The van der Waals surface area contributed by atoms with E-state index in [2.05, 4.69) is 13.0 Å². The number of phenolic OH excluding ortho intramolecular Hbond substituents is 1. The molecule has 1 aromatic carbocycles. The molecule has 5 nitrogen and oxygen atoms in total. The summed E-state index contributed by atoms with van der Waals surface area (Å²) in [5.74, 6) is 2.38. The van der Waals surface area contributed by atoms with Crippen LogP contribution in [0.4, 0.5) is 0 Å². The molecule has 0 unspecified atom stereocenters. The van der Waals surface area contributed by atoms with Gasteiger partial charge in [0.15, 0.2) is 5.79 Å². The molecule has 6 rings (SSSR count). The predicted octanol–water partition coefficient (Wildman–Crippen LogP) is 4.92. The van der Waals surface area contributed by atoms with Gasteiger partial charge in [0.25, 0.3) is 0 Å². The van der Waals surface area contributed by atoms with Crippen LogP contribution >= 0.6 is 0 Å². The summed E-state index contributed by atoms with van der Waals surface area (Å²) in [6.07, 6.45) is 7.85. The summed E-state index contributed by atoms with van der Waals surface area (Å²) in [5.41, 5.74) is 4.08. The van der Waals surface area contributed by atoms with Gasteiger partial charge in [-0.3, -0.25) is 0 Å². The van der Waals surface area contributed by atoms with Gasteiger partial charge < -0.3 is 24.4 Å². The van der Waals surface area contributed by atoms with E-state index in [-0.39, 0.29) is 17.4 Å². The average Bonchev–Trinajstić information content (AvgIpc) is 3.36. The van der Waals surface area contributed by atoms with Gasteiger partial charge in [0, 0.05) is 18.9 Å². The fraction of sp³-hybridized carbons (Fsp3) is 0.704. The van der Waals surface area contributed by atoms with E-state index in [1.165, 1.54) is 6.42 Å². The van der Waals surface area contributed by atoms with Crippen molar-refractivity contribution in [3.63, 3.8) is 0 Å². The molecule has 1 spiro atoms. The molecule has 6 atom stereocenters. The van der Waals surface area contributed by atoms with Crippen molar-refractivity contribution in [3.8, 4) is 11.5 Å². The molecule has 0 bridgehead atoms. The van der Waals surface area contributed by atoms with Crippen LogP contribution in [-0.4, -0.2) is 42.4 Å². The number of allylic oxidation sites excluding steroid dienone is 1. The van der Waals surface area contributed by atoms with Crippen LogP contribution in [0.15, 0.2) is 29.3 Å². The number of aromatic hydroxyl groups is 1. The minimum absolute atomic E-state index is 0.0795. The lowest BCUT2D eigenvalue weighted by atomic mass is 9.49. The van der Waals surface area contributed by atoms with Crippen molar-refractivity contribution in [2.24, 2.45) is 23.2 Å². The van der Waals surface area contributed by atoms with Crippen molar-refractivity contribution in [1.29, 1.82) is 0 Å². The molecule has 2 N–H and O–H groups in total. The van der Waals surface area contributed by atoms with E-state index in [0.29, 0.717) is 42.5 Å². The zero-order chi connectivity index (χ0) is 22.1. The van der Waals surface area contributed by atoms with E-state index in [1.807, 2.05) is 6.07 Å². The van der Waals surface area contributed by atoms with Gasteiger partial charge in [0.2, 0.25) is 0 Å². The highest BCUT2D eigenvalue weighted by Crippen LogP contribution is 2.66. The van der Waals surface area contributed by atoms with Gasteiger partial charge in [-0.1, -0.05) is 24.1 Å². The van der Waals surface area contributed by atoms with E-state index in [9.17, 15) is 10.2 Å². The quantitative estimate of drug-likeness (QED) is 0.639. The number of hydrogen-bond donors (Lipinski definition) is 2. The van der Waals surface area contributed by atoms with Crippen LogP contribution in [0.2, 0.25) is 0 Å². The maximum Gasteiger partial charge on any atom is 0.172 e. The molecule has 1 heterocycles. The van der Waals surface area contributed by atoms with Gasteiger partial charge in [-0.2, -0.15) is 0 Å². The number of fused-ring (bicyclic) bond motifs is 4. The molecule has 1 saturated heterocycles. The minimum atomic E-state index is -0.393. The van der Waals surface area contributed by atoms with Gasteiger partial charge in [0.05, 0.1) is 26.4 Å². The Morgan fingerprint density at radius 2 is 1.91 bits per heavy atom. The van der Waals surface area contributed by atoms with Gasteiger partial charge in [-0.25, -0.2) is 0 Å². The van der Waals surface area contributed by atoms with Crippen molar-refractivity contribution in [2.45, 2.75) is 76.1 Å². The Balaban J connectivity index is 1.43. The van der Waals surface area contributed by atoms with Gasteiger partial charge in [-0.15, -0.1) is 0 Å². The highest BCUT2D eigenvalue weighted by Gasteiger charge is 2.59. The summed E-state index contributed by atoms with van der Waals surface area (Å²) in [7, 11) is 1.63. The first-order valence-electron chi connectivity index (χ1n) is 12.5. The van der Waals surface area contributed by atoms with Gasteiger partial charge in [-0.05, 0) is 79.2 Å². The Labute approximate surface area is 190 Å². The number of ether oxygens (including phenoxy) is 3. The van der Waals surface area contributed by atoms with Crippen LogP contribution in [0, 0.1) is 23.2 Å². The van der Waals surface area contributed by atoms with E-state index >= 15 is 0 Å². The molecule has 4 aliphatic carbocycles. The van der Waals surface area contributed by atoms with Crippen molar-refractivity contribution in [2.75, 3.05) is 20.3 Å². The van der Waals surface area contributed by atoms with Crippen LogP contribution in [0.5, 0.6) is 11.5 Å². The van der Waals surface area contributed by atoms with Gasteiger partial charge >= 0.3 is 0 Å². The zero-order valence-corrected chi connectivity index (χ0v) is 19.3. The first-order valence-corrected chi connectivity index (χ1v) is 12.5. The molecule has 1 aliphatic heterocycles. The summed E-state index contributed by atoms with van der Waals surface area (Å²) in [4.78, 5) is 0.